The van der Waals surface area contributed by atoms with Gasteiger partial charge in [-0.15, -0.1) is 0 Å². The van der Waals surface area contributed by atoms with Gasteiger partial charge in [0.2, 0.25) is 0 Å². The van der Waals surface area contributed by atoms with Crippen molar-refractivity contribution in [3.63, 3.8) is 0 Å². The molecule has 0 fully saturated rings. The van der Waals surface area contributed by atoms with E-state index in [2.05, 4.69) is 15.8 Å². The number of hydrogen-bond acceptors (Lipinski definition) is 4. The summed E-state index contributed by atoms with van der Waals surface area (Å²) in [4.78, 5) is 21.0. The molecule has 0 unspecified atom stereocenters. The molecule has 0 aliphatic heterocycles. The Labute approximate surface area is 139 Å². The van der Waals surface area contributed by atoms with Gasteiger partial charge in [0.05, 0.1) is 17.9 Å². The molecule has 2 rings (SSSR count). The molecule has 124 valence electrons. The lowest BCUT2D eigenvalue weighted by atomic mass is 9.91. The van der Waals surface area contributed by atoms with Crippen molar-refractivity contribution in [2.24, 2.45) is 0 Å². The summed E-state index contributed by atoms with van der Waals surface area (Å²) < 4.78 is 27.8. The number of carbonyl (C=O) groups is 1. The first-order valence-electron chi connectivity index (χ1n) is 7.25. The van der Waals surface area contributed by atoms with Crippen LogP contribution in [0.15, 0.2) is 18.3 Å². The van der Waals surface area contributed by atoms with Crippen LogP contribution in [0.2, 0.25) is 0 Å². The van der Waals surface area contributed by atoms with Crippen LogP contribution >= 0.6 is 0 Å². The van der Waals surface area contributed by atoms with Gasteiger partial charge in [0.15, 0.2) is 11.6 Å². The lowest BCUT2D eigenvalue weighted by molar-refractivity contribution is 0.0365. The number of amides is 1. The molecule has 0 bridgehead atoms. The van der Waals surface area contributed by atoms with E-state index in [-0.39, 0.29) is 23.7 Å². The van der Waals surface area contributed by atoms with Crippen molar-refractivity contribution in [1.82, 2.24) is 10.5 Å². The molecule has 2 aromatic rings. The zero-order valence-corrected chi connectivity index (χ0v) is 13.5. The highest BCUT2D eigenvalue weighted by atomic mass is 19.2. The smallest absolute Gasteiger partial charge is 0.277 e. The maximum Gasteiger partial charge on any atom is 0.277 e. The van der Waals surface area contributed by atoms with Crippen LogP contribution in [0.3, 0.4) is 0 Å². The first-order valence-corrected chi connectivity index (χ1v) is 7.25. The molecule has 0 saturated carbocycles. The maximum absolute atomic E-state index is 14.2. The minimum atomic E-state index is -1.19. The number of anilines is 2. The van der Waals surface area contributed by atoms with Gasteiger partial charge in [-0.1, -0.05) is 11.0 Å². The average Bonchev–Trinajstić information content (AvgIpc) is 2.57. The fourth-order valence-corrected chi connectivity index (χ4v) is 2.02. The summed E-state index contributed by atoms with van der Waals surface area (Å²) in [7, 11) is 5.76. The zero-order valence-electron chi connectivity index (χ0n) is 13.5. The summed E-state index contributed by atoms with van der Waals surface area (Å²) in [6.07, 6.45) is 1.40. The number of benzene rings is 1. The number of pyridine rings is 1. The molecular formula is C16H16BF2N3O2. The molecule has 1 amide bonds. The molecule has 0 atom stereocenters. The van der Waals surface area contributed by atoms with Gasteiger partial charge in [-0.25, -0.2) is 19.2 Å². The van der Waals surface area contributed by atoms with E-state index in [0.717, 1.165) is 17.7 Å². The Kier molecular flexibility index (Phi) is 5.51. The van der Waals surface area contributed by atoms with Gasteiger partial charge in [0, 0.05) is 6.20 Å². The van der Waals surface area contributed by atoms with Crippen molar-refractivity contribution in [3.05, 3.63) is 46.7 Å². The number of hydroxylamine groups is 1. The van der Waals surface area contributed by atoms with E-state index in [1.165, 1.54) is 6.20 Å². The molecule has 2 radical (unpaired) electrons. The summed E-state index contributed by atoms with van der Waals surface area (Å²) in [6, 6.07) is 2.03. The number of halogens is 2. The van der Waals surface area contributed by atoms with Crippen LogP contribution in [0.25, 0.3) is 0 Å². The van der Waals surface area contributed by atoms with Crippen LogP contribution in [-0.4, -0.2) is 25.3 Å². The van der Waals surface area contributed by atoms with Crippen LogP contribution < -0.4 is 16.3 Å². The Morgan fingerprint density at radius 2 is 2.00 bits per heavy atom. The van der Waals surface area contributed by atoms with E-state index in [4.69, 9.17) is 12.7 Å². The predicted molar refractivity (Wildman–Crippen MR) is 87.8 cm³/mol. The Hall–Kier alpha value is -2.48. The van der Waals surface area contributed by atoms with Gasteiger partial charge in [-0.2, -0.15) is 0 Å². The first-order chi connectivity index (χ1) is 11.4. The fourth-order valence-electron chi connectivity index (χ4n) is 2.02. The van der Waals surface area contributed by atoms with Gasteiger partial charge < -0.3 is 5.32 Å². The maximum atomic E-state index is 14.2. The quantitative estimate of drug-likeness (QED) is 0.651. The standard InChI is InChI=1S/C16H16BF2N3O2/c1-4-24-22-16(23)10-5-6-12(18)13(19)14(10)21-15-9(3)8(2)11(17)7-20-15/h5-7H,4H2,1-3H3,(H,20,21)(H,22,23). The average molecular weight is 331 g/mol. The molecule has 24 heavy (non-hydrogen) atoms. The highest BCUT2D eigenvalue weighted by Crippen LogP contribution is 2.27. The summed E-state index contributed by atoms with van der Waals surface area (Å²) >= 11 is 0. The van der Waals surface area contributed by atoms with E-state index in [1.54, 1.807) is 20.8 Å². The summed E-state index contributed by atoms with van der Waals surface area (Å²) in [5.74, 6) is -2.70. The number of nitrogens with one attached hydrogen (secondary N) is 2. The van der Waals surface area contributed by atoms with Gasteiger partial charge in [-0.3, -0.25) is 9.63 Å². The Morgan fingerprint density at radius 3 is 2.67 bits per heavy atom. The molecule has 2 N–H and O–H groups in total. The minimum Gasteiger partial charge on any atom is -0.337 e. The molecule has 0 spiro atoms. The SMILES string of the molecule is [B]c1cnc(Nc2c(C(=O)NOCC)ccc(F)c2F)c(C)c1C. The summed E-state index contributed by atoms with van der Waals surface area (Å²) in [6.45, 7) is 5.42. The Bertz CT molecular complexity index is 784. The van der Waals surface area contributed by atoms with Crippen molar-refractivity contribution in [2.75, 3.05) is 11.9 Å². The summed E-state index contributed by atoms with van der Waals surface area (Å²) in [5, 5.41) is 2.68. The van der Waals surface area contributed by atoms with Gasteiger partial charge in [-0.05, 0) is 38.5 Å². The molecule has 0 aliphatic rings. The van der Waals surface area contributed by atoms with Crippen molar-refractivity contribution < 1.29 is 18.4 Å². The molecule has 1 heterocycles. The topological polar surface area (TPSA) is 63.2 Å². The van der Waals surface area contributed by atoms with Crippen LogP contribution in [0.1, 0.15) is 28.4 Å². The van der Waals surface area contributed by atoms with Crippen molar-refractivity contribution in [3.8, 4) is 0 Å². The zero-order chi connectivity index (χ0) is 17.9. The van der Waals surface area contributed by atoms with Crippen molar-refractivity contribution >= 4 is 30.7 Å². The third-order valence-corrected chi connectivity index (χ3v) is 3.58. The van der Waals surface area contributed by atoms with Crippen LogP contribution in [-0.2, 0) is 4.84 Å². The van der Waals surface area contributed by atoms with Crippen molar-refractivity contribution in [1.29, 1.82) is 0 Å². The van der Waals surface area contributed by atoms with Crippen LogP contribution in [0.5, 0.6) is 0 Å². The highest BCUT2D eigenvalue weighted by molar-refractivity contribution is 6.33. The molecule has 5 nitrogen and oxygen atoms in total. The third kappa shape index (κ3) is 3.54. The van der Waals surface area contributed by atoms with E-state index in [0.29, 0.717) is 11.0 Å². The second-order valence-corrected chi connectivity index (χ2v) is 5.09. The Morgan fingerprint density at radius 1 is 1.29 bits per heavy atom. The molecule has 1 aromatic heterocycles. The molecule has 1 aromatic carbocycles. The largest absolute Gasteiger partial charge is 0.337 e. The number of aromatic nitrogens is 1. The van der Waals surface area contributed by atoms with Gasteiger partial charge in [0.1, 0.15) is 13.7 Å². The van der Waals surface area contributed by atoms with Crippen LogP contribution in [0, 0.1) is 25.5 Å². The van der Waals surface area contributed by atoms with Gasteiger partial charge >= 0.3 is 0 Å². The summed E-state index contributed by atoms with van der Waals surface area (Å²) in [5.41, 5.74) is 3.60. The third-order valence-electron chi connectivity index (χ3n) is 3.58. The molecular weight excluding hydrogens is 315 g/mol. The second kappa shape index (κ2) is 7.40. The Balaban J connectivity index is 2.47. The van der Waals surface area contributed by atoms with E-state index in [1.807, 2.05) is 0 Å². The number of nitrogens with zero attached hydrogens (tertiary/aromatic N) is 1. The van der Waals surface area contributed by atoms with E-state index < -0.39 is 17.5 Å². The van der Waals surface area contributed by atoms with Crippen LogP contribution in [0.4, 0.5) is 20.3 Å². The predicted octanol–water partition coefficient (Wildman–Crippen LogP) is 2.20. The number of carbonyl (C=O) groups excluding carboxylic acids is 1. The first kappa shape index (κ1) is 17.9. The highest BCUT2D eigenvalue weighted by Gasteiger charge is 2.20. The normalized spacial score (nSPS) is 10.5. The second-order valence-electron chi connectivity index (χ2n) is 5.09. The van der Waals surface area contributed by atoms with Crippen molar-refractivity contribution in [2.45, 2.75) is 20.8 Å². The van der Waals surface area contributed by atoms with Gasteiger partial charge in [0.25, 0.3) is 5.91 Å². The van der Waals surface area contributed by atoms with E-state index >= 15 is 0 Å². The molecule has 0 saturated heterocycles. The lowest BCUT2D eigenvalue weighted by Crippen LogP contribution is -2.25. The van der Waals surface area contributed by atoms with E-state index in [9.17, 15) is 13.6 Å². The molecule has 0 aliphatic carbocycles. The molecule has 8 heteroatoms. The number of hydrogen-bond donors (Lipinski definition) is 2. The monoisotopic (exact) mass is 331 g/mol. The number of rotatable bonds is 5. The fraction of sp³-hybridized carbons (Fsp3) is 0.250. The minimum absolute atomic E-state index is 0.113. The lowest BCUT2D eigenvalue weighted by Gasteiger charge is -2.16.